The number of nitrogens with zero attached hydrogens (tertiary/aromatic N) is 3. The first-order valence-electron chi connectivity index (χ1n) is 12.4. The molecule has 6 rings (SSSR count). The number of benzene rings is 2. The lowest BCUT2D eigenvalue weighted by Gasteiger charge is -2.34. The van der Waals surface area contributed by atoms with Crippen LogP contribution >= 0.6 is 11.6 Å². The average molecular weight is 444 g/mol. The van der Waals surface area contributed by atoms with Gasteiger partial charge in [-0.25, -0.2) is 4.99 Å². The number of aliphatic imine (C=N–C) groups is 2. The van der Waals surface area contributed by atoms with Crippen molar-refractivity contribution in [2.24, 2.45) is 9.98 Å². The van der Waals surface area contributed by atoms with Crippen molar-refractivity contribution < 1.29 is 0 Å². The summed E-state index contributed by atoms with van der Waals surface area (Å²) in [6.45, 7) is 0. The monoisotopic (exact) mass is 443 g/mol. The first kappa shape index (κ1) is 20.2. The second-order valence-corrected chi connectivity index (χ2v) is 10.1. The zero-order chi connectivity index (χ0) is 21.5. The fourth-order valence-corrected chi connectivity index (χ4v) is 6.10. The minimum atomic E-state index is 0.419. The molecule has 164 valence electrons. The molecular weight excluding hydrogens is 414 g/mol. The van der Waals surface area contributed by atoms with E-state index in [1.54, 1.807) is 0 Å². The van der Waals surface area contributed by atoms with Crippen LogP contribution in [0.4, 0.5) is 5.69 Å². The molecule has 2 aliphatic carbocycles. The maximum Gasteiger partial charge on any atom is 0.143 e. The topological polar surface area (TPSA) is 28.0 Å². The Morgan fingerprint density at radius 2 is 1.53 bits per heavy atom. The molecule has 0 bridgehead atoms. The zero-order valence-corrected chi connectivity index (χ0v) is 19.3. The Morgan fingerprint density at radius 1 is 0.812 bits per heavy atom. The van der Waals surface area contributed by atoms with Gasteiger partial charge in [-0.05, 0) is 49.4 Å². The maximum absolute atomic E-state index is 6.47. The lowest BCUT2D eigenvalue weighted by molar-refractivity contribution is 0.323. The van der Waals surface area contributed by atoms with Crippen molar-refractivity contribution in [2.75, 3.05) is 0 Å². The molecule has 4 aliphatic rings. The summed E-state index contributed by atoms with van der Waals surface area (Å²) in [5.74, 6) is 2.26. The molecular formula is C28H30ClN3. The Bertz CT molecular complexity index is 1100. The molecule has 4 heteroatoms. The Labute approximate surface area is 195 Å². The highest BCUT2D eigenvalue weighted by molar-refractivity contribution is 6.53. The molecule has 2 heterocycles. The molecule has 0 spiro atoms. The van der Waals surface area contributed by atoms with Crippen molar-refractivity contribution in [1.82, 2.24) is 4.90 Å². The Kier molecular flexibility index (Phi) is 5.38. The SMILES string of the molecule is Clc1ccc2c(c1)C1=C(c3ccccc3)C(=NC3CCCCC3)N(C3CCCCC3)C1=N2. The highest BCUT2D eigenvalue weighted by atomic mass is 35.5. The lowest BCUT2D eigenvalue weighted by atomic mass is 9.93. The molecule has 0 aromatic heterocycles. The average Bonchev–Trinajstić information content (AvgIpc) is 3.34. The van der Waals surface area contributed by atoms with Crippen LogP contribution in [-0.2, 0) is 0 Å². The number of fused-ring (bicyclic) bond motifs is 3. The highest BCUT2D eigenvalue weighted by Crippen LogP contribution is 2.48. The van der Waals surface area contributed by atoms with Gasteiger partial charge in [-0.2, -0.15) is 0 Å². The molecule has 2 aliphatic heterocycles. The van der Waals surface area contributed by atoms with E-state index in [9.17, 15) is 0 Å². The van der Waals surface area contributed by atoms with Gasteiger partial charge < -0.3 is 4.90 Å². The van der Waals surface area contributed by atoms with Gasteiger partial charge in [0.05, 0.1) is 11.7 Å². The van der Waals surface area contributed by atoms with Gasteiger partial charge in [0.2, 0.25) is 0 Å². The van der Waals surface area contributed by atoms with Gasteiger partial charge in [0.1, 0.15) is 11.7 Å². The Morgan fingerprint density at radius 3 is 2.28 bits per heavy atom. The molecule has 0 N–H and O–H groups in total. The number of amidine groups is 2. The number of halogens is 1. The quantitative estimate of drug-likeness (QED) is 0.478. The van der Waals surface area contributed by atoms with Crippen LogP contribution in [0.25, 0.3) is 11.1 Å². The van der Waals surface area contributed by atoms with Gasteiger partial charge in [-0.15, -0.1) is 0 Å². The summed E-state index contributed by atoms with van der Waals surface area (Å²) < 4.78 is 0. The van der Waals surface area contributed by atoms with Crippen LogP contribution in [0.15, 0.2) is 58.5 Å². The van der Waals surface area contributed by atoms with Crippen molar-refractivity contribution in [2.45, 2.75) is 76.3 Å². The molecule has 0 saturated heterocycles. The maximum atomic E-state index is 6.47. The van der Waals surface area contributed by atoms with E-state index in [1.165, 1.54) is 80.9 Å². The van der Waals surface area contributed by atoms with E-state index in [0.29, 0.717) is 12.1 Å². The van der Waals surface area contributed by atoms with Crippen LogP contribution in [0, 0.1) is 0 Å². The second-order valence-electron chi connectivity index (χ2n) is 9.62. The minimum absolute atomic E-state index is 0.419. The predicted molar refractivity (Wildman–Crippen MR) is 135 cm³/mol. The normalized spacial score (nSPS) is 23.0. The van der Waals surface area contributed by atoms with E-state index >= 15 is 0 Å². The summed E-state index contributed by atoms with van der Waals surface area (Å²) in [6, 6.07) is 17.8. The molecule has 0 unspecified atom stereocenters. The summed E-state index contributed by atoms with van der Waals surface area (Å²) in [7, 11) is 0. The van der Waals surface area contributed by atoms with Crippen LogP contribution in [0.2, 0.25) is 5.02 Å². The van der Waals surface area contributed by atoms with Crippen LogP contribution < -0.4 is 0 Å². The van der Waals surface area contributed by atoms with Crippen molar-refractivity contribution in [3.8, 4) is 0 Å². The van der Waals surface area contributed by atoms with Crippen LogP contribution in [0.5, 0.6) is 0 Å². The van der Waals surface area contributed by atoms with Gasteiger partial charge in [0.15, 0.2) is 0 Å². The summed E-state index contributed by atoms with van der Waals surface area (Å²) in [5.41, 5.74) is 5.90. The lowest BCUT2D eigenvalue weighted by Crippen LogP contribution is -2.42. The standard InChI is InChI=1S/C28H30ClN3/c29-20-16-17-24-23(18-20)26-25(19-10-4-1-5-11-19)27(30-21-12-6-2-7-13-21)32(28(26)31-24)22-14-8-3-9-15-22/h1,4-5,10-11,16-18,21-22H,2-3,6-9,12-15H2. The number of hydrogen-bond donors (Lipinski definition) is 0. The highest BCUT2D eigenvalue weighted by Gasteiger charge is 2.43. The van der Waals surface area contributed by atoms with Gasteiger partial charge in [0, 0.05) is 27.8 Å². The van der Waals surface area contributed by atoms with Crippen molar-refractivity contribution >= 4 is 40.1 Å². The Hall–Kier alpha value is -2.39. The number of rotatable bonds is 3. The van der Waals surface area contributed by atoms with E-state index in [-0.39, 0.29) is 0 Å². The smallest absolute Gasteiger partial charge is 0.143 e. The molecule has 2 saturated carbocycles. The van der Waals surface area contributed by atoms with E-state index in [1.807, 2.05) is 6.07 Å². The molecule has 2 aromatic carbocycles. The van der Waals surface area contributed by atoms with Crippen molar-refractivity contribution in [3.05, 3.63) is 64.7 Å². The second kappa shape index (κ2) is 8.51. The summed E-state index contributed by atoms with van der Waals surface area (Å²) in [4.78, 5) is 13.2. The molecule has 2 fully saturated rings. The molecule has 32 heavy (non-hydrogen) atoms. The predicted octanol–water partition coefficient (Wildman–Crippen LogP) is 7.67. The Balaban J connectivity index is 1.56. The van der Waals surface area contributed by atoms with Crippen LogP contribution in [0.1, 0.15) is 75.3 Å². The third-order valence-electron chi connectivity index (χ3n) is 7.49. The van der Waals surface area contributed by atoms with E-state index in [0.717, 1.165) is 27.9 Å². The van der Waals surface area contributed by atoms with Gasteiger partial charge in [-0.3, -0.25) is 4.99 Å². The summed E-state index contributed by atoms with van der Waals surface area (Å²) >= 11 is 6.47. The van der Waals surface area contributed by atoms with Crippen molar-refractivity contribution in [3.63, 3.8) is 0 Å². The van der Waals surface area contributed by atoms with E-state index < -0.39 is 0 Å². The van der Waals surface area contributed by atoms with Crippen molar-refractivity contribution in [1.29, 1.82) is 0 Å². The van der Waals surface area contributed by atoms with Gasteiger partial charge in [0.25, 0.3) is 0 Å². The molecule has 0 amide bonds. The molecule has 3 nitrogen and oxygen atoms in total. The largest absolute Gasteiger partial charge is 0.307 e. The van der Waals surface area contributed by atoms with Gasteiger partial charge in [-0.1, -0.05) is 80.5 Å². The third kappa shape index (κ3) is 3.51. The fourth-order valence-electron chi connectivity index (χ4n) is 5.92. The minimum Gasteiger partial charge on any atom is -0.307 e. The number of hydrogen-bond acceptors (Lipinski definition) is 2. The zero-order valence-electron chi connectivity index (χ0n) is 18.6. The summed E-state index contributed by atoms with van der Waals surface area (Å²) in [6.07, 6.45) is 12.7. The van der Waals surface area contributed by atoms with E-state index in [2.05, 4.69) is 47.4 Å². The van der Waals surface area contributed by atoms with Gasteiger partial charge >= 0.3 is 0 Å². The van der Waals surface area contributed by atoms with Crippen LogP contribution in [-0.4, -0.2) is 28.7 Å². The first-order valence-corrected chi connectivity index (χ1v) is 12.7. The summed E-state index contributed by atoms with van der Waals surface area (Å²) in [5, 5.41) is 0.766. The third-order valence-corrected chi connectivity index (χ3v) is 7.72. The first-order chi connectivity index (χ1) is 15.8. The molecule has 0 atom stereocenters. The molecule has 2 aromatic rings. The van der Waals surface area contributed by atoms with Crippen LogP contribution in [0.3, 0.4) is 0 Å². The fraction of sp³-hybridized carbons (Fsp3) is 0.429. The molecule has 0 radical (unpaired) electrons. The van der Waals surface area contributed by atoms with E-state index in [4.69, 9.17) is 21.6 Å².